The van der Waals surface area contributed by atoms with Crippen molar-refractivity contribution in [3.63, 3.8) is 0 Å². The van der Waals surface area contributed by atoms with E-state index in [9.17, 15) is 4.79 Å². The van der Waals surface area contributed by atoms with Crippen molar-refractivity contribution in [3.05, 3.63) is 120 Å². The number of aromatic nitrogens is 1. The third-order valence-electron chi connectivity index (χ3n) is 6.70. The first-order chi connectivity index (χ1) is 17.2. The maximum Gasteiger partial charge on any atom is 0.271 e. The third kappa shape index (κ3) is 3.87. The van der Waals surface area contributed by atoms with Crippen LogP contribution in [0.15, 0.2) is 93.1 Å². The summed E-state index contributed by atoms with van der Waals surface area (Å²) in [5.41, 5.74) is 6.75. The number of ether oxygens (including phenoxy) is 1. The van der Waals surface area contributed by atoms with Gasteiger partial charge in [0.15, 0.2) is 4.80 Å². The Morgan fingerprint density at radius 3 is 2.69 bits per heavy atom. The molecule has 0 N–H and O–H groups in total. The Labute approximate surface area is 211 Å². The van der Waals surface area contributed by atoms with Crippen molar-refractivity contribution in [2.24, 2.45) is 4.99 Å². The molecule has 1 aromatic heterocycles. The first-order valence-corrected chi connectivity index (χ1v) is 13.6. The van der Waals surface area contributed by atoms with Crippen LogP contribution in [0.3, 0.4) is 0 Å². The predicted octanol–water partition coefficient (Wildman–Crippen LogP) is 5.05. The van der Waals surface area contributed by atoms with Crippen molar-refractivity contribution < 1.29 is 4.74 Å². The van der Waals surface area contributed by atoms with E-state index in [-0.39, 0.29) is 11.6 Å². The van der Waals surface area contributed by atoms with E-state index >= 15 is 0 Å². The lowest BCUT2D eigenvalue weighted by molar-refractivity contribution is 0.413. The van der Waals surface area contributed by atoms with Crippen LogP contribution in [0.1, 0.15) is 34.7 Å². The maximum absolute atomic E-state index is 13.8. The van der Waals surface area contributed by atoms with E-state index in [0.717, 1.165) is 40.2 Å². The van der Waals surface area contributed by atoms with E-state index in [1.807, 2.05) is 28.8 Å². The lowest BCUT2D eigenvalue weighted by atomic mass is 9.83. The van der Waals surface area contributed by atoms with Gasteiger partial charge in [0, 0.05) is 10.5 Å². The molecule has 3 aromatic carbocycles. The van der Waals surface area contributed by atoms with Crippen LogP contribution in [0.4, 0.5) is 0 Å². The number of allylic oxidation sites excluding steroid dienone is 1. The number of methoxy groups -OCH3 is 1. The first kappa shape index (κ1) is 22.1. The molecule has 0 fully saturated rings. The molecule has 1 unspecified atom stereocenters. The summed E-state index contributed by atoms with van der Waals surface area (Å²) in [4.78, 5) is 20.9. The van der Waals surface area contributed by atoms with Crippen LogP contribution in [0.2, 0.25) is 0 Å². The summed E-state index contributed by atoms with van der Waals surface area (Å²) >= 11 is 3.17. The Hall–Kier alpha value is -3.35. The summed E-state index contributed by atoms with van der Waals surface area (Å²) in [6.45, 7) is 0. The minimum atomic E-state index is -0.203. The number of thiazole rings is 1. The molecular formula is C29H24N2O2S2. The van der Waals surface area contributed by atoms with Gasteiger partial charge in [0.25, 0.3) is 5.56 Å². The summed E-state index contributed by atoms with van der Waals surface area (Å²) in [6, 6.07) is 24.6. The van der Waals surface area contributed by atoms with Gasteiger partial charge in [-0.25, -0.2) is 4.99 Å². The number of hydrogen-bond acceptors (Lipinski definition) is 5. The fourth-order valence-electron chi connectivity index (χ4n) is 4.99. The SMILES string of the molecule is COc1cccc(C2C3=C(N=c4sc(=Cc5ccc(SC)cc5)c(=O)n42)c2ccccc2CC3)c1. The smallest absolute Gasteiger partial charge is 0.271 e. The Morgan fingerprint density at radius 1 is 1.06 bits per heavy atom. The van der Waals surface area contributed by atoms with Gasteiger partial charge < -0.3 is 4.74 Å². The monoisotopic (exact) mass is 496 g/mol. The molecule has 1 atom stereocenters. The second-order valence-electron chi connectivity index (χ2n) is 8.66. The second-order valence-corrected chi connectivity index (χ2v) is 10.6. The molecule has 0 amide bonds. The molecular weight excluding hydrogens is 472 g/mol. The highest BCUT2D eigenvalue weighted by Crippen LogP contribution is 2.41. The van der Waals surface area contributed by atoms with Gasteiger partial charge in [-0.3, -0.25) is 9.36 Å². The highest BCUT2D eigenvalue weighted by molar-refractivity contribution is 7.98. The van der Waals surface area contributed by atoms with E-state index in [0.29, 0.717) is 4.53 Å². The van der Waals surface area contributed by atoms with Gasteiger partial charge in [0.1, 0.15) is 5.75 Å². The molecule has 4 aromatic rings. The van der Waals surface area contributed by atoms with E-state index in [1.54, 1.807) is 18.9 Å². The molecule has 4 nitrogen and oxygen atoms in total. The Bertz CT molecular complexity index is 1650. The zero-order valence-corrected chi connectivity index (χ0v) is 21.2. The fourth-order valence-corrected chi connectivity index (χ4v) is 6.39. The number of rotatable bonds is 4. The largest absolute Gasteiger partial charge is 0.497 e. The van der Waals surface area contributed by atoms with E-state index in [1.165, 1.54) is 32.9 Å². The summed E-state index contributed by atoms with van der Waals surface area (Å²) in [5.74, 6) is 0.786. The number of aryl methyl sites for hydroxylation is 1. The van der Waals surface area contributed by atoms with Crippen LogP contribution in [0, 0.1) is 0 Å². The average Bonchev–Trinajstić information content (AvgIpc) is 3.22. The van der Waals surface area contributed by atoms with Crippen LogP contribution in [0.25, 0.3) is 11.8 Å². The summed E-state index contributed by atoms with van der Waals surface area (Å²) in [7, 11) is 1.68. The minimum Gasteiger partial charge on any atom is -0.497 e. The highest BCUT2D eigenvalue weighted by atomic mass is 32.2. The van der Waals surface area contributed by atoms with E-state index in [2.05, 4.69) is 60.9 Å². The third-order valence-corrected chi connectivity index (χ3v) is 8.42. The number of fused-ring (bicyclic) bond motifs is 3. The van der Waals surface area contributed by atoms with Crippen molar-refractivity contribution in [3.8, 4) is 5.75 Å². The van der Waals surface area contributed by atoms with Crippen LogP contribution >= 0.6 is 23.1 Å². The van der Waals surface area contributed by atoms with E-state index in [4.69, 9.17) is 9.73 Å². The first-order valence-electron chi connectivity index (χ1n) is 11.6. The number of hydrogen-bond donors (Lipinski definition) is 0. The number of nitrogens with zero attached hydrogens (tertiary/aromatic N) is 2. The fraction of sp³-hybridized carbons (Fsp3) is 0.172. The predicted molar refractivity (Wildman–Crippen MR) is 144 cm³/mol. The second kappa shape index (κ2) is 9.02. The summed E-state index contributed by atoms with van der Waals surface area (Å²) < 4.78 is 8.11. The topological polar surface area (TPSA) is 43.6 Å². The number of benzene rings is 3. The van der Waals surface area contributed by atoms with Crippen LogP contribution in [-0.4, -0.2) is 17.9 Å². The standard InChI is InChI=1S/C29H24N2O2S2/c1-33-21-8-5-7-20(17-21)27-24-15-12-19-6-3-4-9-23(19)26(24)30-29-31(27)28(32)25(35-29)16-18-10-13-22(34-2)14-11-18/h3-11,13-14,16-17,27H,12,15H2,1-2H3. The van der Waals surface area contributed by atoms with Crippen molar-refractivity contribution in [1.29, 1.82) is 0 Å². The van der Waals surface area contributed by atoms with Crippen molar-refractivity contribution in [2.75, 3.05) is 13.4 Å². The normalized spacial score (nSPS) is 16.9. The molecule has 35 heavy (non-hydrogen) atoms. The van der Waals surface area contributed by atoms with Crippen molar-refractivity contribution >= 4 is 34.9 Å². The van der Waals surface area contributed by atoms with Gasteiger partial charge in [0.05, 0.1) is 23.4 Å². The van der Waals surface area contributed by atoms with Gasteiger partial charge in [-0.2, -0.15) is 0 Å². The molecule has 1 aliphatic heterocycles. The van der Waals surface area contributed by atoms with Gasteiger partial charge in [-0.15, -0.1) is 11.8 Å². The van der Waals surface area contributed by atoms with Crippen molar-refractivity contribution in [2.45, 2.75) is 23.8 Å². The molecule has 0 bridgehead atoms. The molecule has 0 saturated heterocycles. The minimum absolute atomic E-state index is 0.000853. The van der Waals surface area contributed by atoms with Crippen LogP contribution in [0.5, 0.6) is 5.75 Å². The zero-order chi connectivity index (χ0) is 23.9. The number of thioether (sulfide) groups is 1. The maximum atomic E-state index is 13.8. The molecule has 6 heteroatoms. The Balaban J connectivity index is 1.59. The van der Waals surface area contributed by atoms with Gasteiger partial charge in [-0.1, -0.05) is 59.9 Å². The summed E-state index contributed by atoms with van der Waals surface area (Å²) in [5, 5.41) is 0. The molecule has 2 aliphatic rings. The van der Waals surface area contributed by atoms with Gasteiger partial charge >= 0.3 is 0 Å². The van der Waals surface area contributed by atoms with Gasteiger partial charge in [-0.05, 0) is 71.7 Å². The van der Waals surface area contributed by atoms with E-state index < -0.39 is 0 Å². The highest BCUT2D eigenvalue weighted by Gasteiger charge is 2.32. The molecule has 174 valence electrons. The quantitative estimate of drug-likeness (QED) is 0.372. The Kier molecular flexibility index (Phi) is 5.71. The lowest BCUT2D eigenvalue weighted by Crippen LogP contribution is -2.38. The lowest BCUT2D eigenvalue weighted by Gasteiger charge is -2.31. The zero-order valence-electron chi connectivity index (χ0n) is 19.5. The van der Waals surface area contributed by atoms with Gasteiger partial charge in [0.2, 0.25) is 0 Å². The molecule has 6 rings (SSSR count). The van der Waals surface area contributed by atoms with Crippen LogP contribution < -0.4 is 19.6 Å². The van der Waals surface area contributed by atoms with Crippen LogP contribution in [-0.2, 0) is 6.42 Å². The molecule has 0 spiro atoms. The molecule has 2 heterocycles. The molecule has 1 aliphatic carbocycles. The molecule has 0 radical (unpaired) electrons. The molecule has 0 saturated carbocycles. The Morgan fingerprint density at radius 2 is 1.89 bits per heavy atom. The average molecular weight is 497 g/mol. The summed E-state index contributed by atoms with van der Waals surface area (Å²) in [6.07, 6.45) is 5.85. The van der Waals surface area contributed by atoms with Crippen molar-refractivity contribution in [1.82, 2.24) is 4.57 Å².